The first-order valence-electron chi connectivity index (χ1n) is 14.5. The smallest absolute Gasteiger partial charge is 0.303 e. The van der Waals surface area contributed by atoms with Gasteiger partial charge in [0.25, 0.3) is 8.32 Å². The molecule has 0 aliphatic rings. The van der Waals surface area contributed by atoms with E-state index in [0.717, 1.165) is 38.7 Å². The quantitative estimate of drug-likeness (QED) is 0.0724. The Hall–Kier alpha value is -0.463. The lowest BCUT2D eigenvalue weighted by molar-refractivity contribution is -0.146. The third-order valence-electron chi connectivity index (χ3n) is 7.38. The molecule has 0 radical (unpaired) electrons. The molecule has 0 aliphatic carbocycles. The van der Waals surface area contributed by atoms with Crippen LogP contribution in [-0.2, 0) is 14.0 Å². The van der Waals surface area contributed by atoms with E-state index in [1.54, 1.807) is 6.92 Å². The maximum absolute atomic E-state index is 11.6. The highest BCUT2D eigenvalue weighted by atomic mass is 35.5. The van der Waals surface area contributed by atoms with Crippen LogP contribution in [0.1, 0.15) is 73.1 Å². The van der Waals surface area contributed by atoms with Gasteiger partial charge in [0.05, 0.1) is 26.9 Å². The maximum Gasteiger partial charge on any atom is 0.303 e. The normalized spacial score (nSPS) is 16.8. The molecule has 0 saturated carbocycles. The minimum atomic E-state index is -2.49. The zero-order chi connectivity index (χ0) is 30.6. The number of rotatable bonds is 17. The van der Waals surface area contributed by atoms with Gasteiger partial charge in [-0.25, -0.2) is 0 Å². The molecule has 3 nitrogen and oxygen atoms in total. The van der Waals surface area contributed by atoms with E-state index < -0.39 is 41.9 Å². The highest BCUT2D eigenvalue weighted by Gasteiger charge is 2.50. The number of alkyl halides is 5. The molecule has 0 spiro atoms. The van der Waals surface area contributed by atoms with Crippen LogP contribution < -0.4 is 10.4 Å². The van der Waals surface area contributed by atoms with Gasteiger partial charge in [-0.3, -0.25) is 4.79 Å². The van der Waals surface area contributed by atoms with Crippen LogP contribution in [0.25, 0.3) is 0 Å². The Morgan fingerprint density at radius 3 is 1.71 bits per heavy atom. The molecule has 0 amide bonds. The molecular weight excluding hydrogens is 638 g/mol. The zero-order valence-electron chi connectivity index (χ0n) is 24.8. The monoisotopic (exact) mass is 680 g/mol. The van der Waals surface area contributed by atoms with E-state index in [4.69, 9.17) is 67.2 Å². The van der Waals surface area contributed by atoms with Crippen molar-refractivity contribution >= 4 is 82.7 Å². The van der Waals surface area contributed by atoms with Crippen molar-refractivity contribution in [3.63, 3.8) is 0 Å². The minimum Gasteiger partial charge on any atom is -0.459 e. The number of halogens is 5. The van der Waals surface area contributed by atoms with Crippen LogP contribution in [0.3, 0.4) is 0 Å². The fourth-order valence-electron chi connectivity index (χ4n) is 5.26. The maximum atomic E-state index is 11.6. The van der Waals surface area contributed by atoms with Crippen LogP contribution in [0.2, 0.25) is 5.04 Å². The lowest BCUT2D eigenvalue weighted by Gasteiger charge is -2.43. The summed E-state index contributed by atoms with van der Waals surface area (Å²) in [5, 5.41) is -0.327. The summed E-state index contributed by atoms with van der Waals surface area (Å²) in [6.45, 7) is 10.7. The molecule has 0 N–H and O–H groups in total. The van der Waals surface area contributed by atoms with Gasteiger partial charge in [0, 0.05) is 13.5 Å². The zero-order valence-corrected chi connectivity index (χ0v) is 29.6. The number of benzene rings is 2. The van der Waals surface area contributed by atoms with Crippen LogP contribution in [0.5, 0.6) is 0 Å². The van der Waals surface area contributed by atoms with Gasteiger partial charge in [0.2, 0.25) is 0 Å². The predicted molar refractivity (Wildman–Crippen MR) is 181 cm³/mol. The summed E-state index contributed by atoms with van der Waals surface area (Å²) < 4.78 is 12.3. The second kappa shape index (κ2) is 17.7. The molecule has 0 fully saturated rings. The first-order valence-corrected chi connectivity index (χ1v) is 18.5. The second-order valence-electron chi connectivity index (χ2n) is 11.7. The fraction of sp³-hybridized carbons (Fsp3) is 0.594. The Morgan fingerprint density at radius 1 is 0.756 bits per heavy atom. The van der Waals surface area contributed by atoms with Crippen molar-refractivity contribution < 1.29 is 14.0 Å². The number of carbonyl (C=O) groups is 1. The molecule has 0 bridgehead atoms. The highest BCUT2D eigenvalue weighted by Crippen LogP contribution is 2.37. The van der Waals surface area contributed by atoms with Crippen molar-refractivity contribution in [3.05, 3.63) is 60.7 Å². The molecule has 2 aromatic rings. The van der Waals surface area contributed by atoms with E-state index in [1.165, 1.54) is 17.3 Å². The van der Waals surface area contributed by atoms with E-state index >= 15 is 0 Å². The van der Waals surface area contributed by atoms with Crippen molar-refractivity contribution in [1.82, 2.24) is 0 Å². The third kappa shape index (κ3) is 10.6. The van der Waals surface area contributed by atoms with Crippen LogP contribution in [-0.4, -0.2) is 53.9 Å². The standard InChI is InChI=1S/C32H45Cl5O3Si/c1-23(33)28(35)31(40-24(2)38)30(37)29(36)27(34)21-15-7-6-8-16-22-39-41(32(3,4)5,25-17-11-9-12-18-25)26-19-13-10-14-20-26/h9-14,17-20,23,27-31H,6-8,15-16,21-22H2,1-5H3/t23-,27-,28-,29+,30-,31-/m1/s1. The minimum absolute atomic E-state index is 0.0246. The first-order chi connectivity index (χ1) is 19.3. The lowest BCUT2D eigenvalue weighted by Crippen LogP contribution is -2.66. The van der Waals surface area contributed by atoms with Crippen molar-refractivity contribution in [2.75, 3.05) is 6.61 Å². The van der Waals surface area contributed by atoms with Crippen LogP contribution in [0, 0.1) is 0 Å². The number of unbranched alkanes of at least 4 members (excludes halogenated alkanes) is 4. The molecule has 0 aromatic heterocycles. The lowest BCUT2D eigenvalue weighted by atomic mass is 10.0. The van der Waals surface area contributed by atoms with E-state index in [0.29, 0.717) is 6.42 Å². The molecule has 0 aliphatic heterocycles. The largest absolute Gasteiger partial charge is 0.459 e. The van der Waals surface area contributed by atoms with E-state index in [1.807, 2.05) is 0 Å². The number of esters is 1. The summed E-state index contributed by atoms with van der Waals surface area (Å²) in [7, 11) is -2.49. The summed E-state index contributed by atoms with van der Waals surface area (Å²) in [4.78, 5) is 11.6. The Bertz CT molecular complexity index is 979. The number of carbonyl (C=O) groups excluding carboxylic acids is 1. The molecule has 41 heavy (non-hydrogen) atoms. The summed E-state index contributed by atoms with van der Waals surface area (Å²) in [5.74, 6) is -0.488. The summed E-state index contributed by atoms with van der Waals surface area (Å²) in [6.07, 6.45) is 4.97. The van der Waals surface area contributed by atoms with Gasteiger partial charge < -0.3 is 9.16 Å². The van der Waals surface area contributed by atoms with Gasteiger partial charge in [0.15, 0.2) is 0 Å². The number of hydrogen-bond acceptors (Lipinski definition) is 3. The molecular formula is C32H45Cl5O3Si. The summed E-state index contributed by atoms with van der Waals surface area (Å²) in [5.41, 5.74) is 0. The third-order valence-corrected chi connectivity index (χ3v) is 15.3. The average molecular weight is 683 g/mol. The topological polar surface area (TPSA) is 35.5 Å². The molecule has 0 heterocycles. The van der Waals surface area contributed by atoms with Crippen molar-refractivity contribution in [1.29, 1.82) is 0 Å². The highest BCUT2D eigenvalue weighted by molar-refractivity contribution is 6.99. The molecule has 9 heteroatoms. The number of ether oxygens (including phenoxy) is 1. The van der Waals surface area contributed by atoms with Crippen molar-refractivity contribution in [2.45, 2.75) is 111 Å². The Labute approximate surface area is 273 Å². The fourth-order valence-corrected chi connectivity index (χ4v) is 11.3. The van der Waals surface area contributed by atoms with Gasteiger partial charge >= 0.3 is 5.97 Å². The van der Waals surface area contributed by atoms with Gasteiger partial charge in [-0.2, -0.15) is 0 Å². The van der Waals surface area contributed by atoms with Gasteiger partial charge in [-0.05, 0) is 35.2 Å². The summed E-state index contributed by atoms with van der Waals surface area (Å²) in [6, 6.07) is 21.5. The SMILES string of the molecule is CC(=O)O[C@@H]([C@H](Cl)[C@@H](Cl)[C@H](Cl)CCCCCCCO[Si](c1ccccc1)(c1ccccc1)C(C)(C)C)[C@H](Cl)[C@@H](C)Cl. The molecule has 6 atom stereocenters. The molecule has 230 valence electrons. The Morgan fingerprint density at radius 2 is 1.24 bits per heavy atom. The van der Waals surface area contributed by atoms with E-state index in [9.17, 15) is 4.79 Å². The van der Waals surface area contributed by atoms with Crippen molar-refractivity contribution in [2.24, 2.45) is 0 Å². The van der Waals surface area contributed by atoms with Gasteiger partial charge in [-0.15, -0.1) is 58.0 Å². The predicted octanol–water partition coefficient (Wildman–Crippen LogP) is 8.89. The molecule has 0 unspecified atom stereocenters. The second-order valence-corrected chi connectivity index (χ2v) is 18.7. The van der Waals surface area contributed by atoms with E-state index in [-0.39, 0.29) is 10.4 Å². The molecule has 2 aromatic carbocycles. The van der Waals surface area contributed by atoms with Crippen LogP contribution in [0.15, 0.2) is 60.7 Å². The Balaban J connectivity index is 1.87. The number of hydrogen-bond donors (Lipinski definition) is 0. The average Bonchev–Trinajstić information content (AvgIpc) is 2.94. The van der Waals surface area contributed by atoms with Crippen LogP contribution in [0.4, 0.5) is 0 Å². The molecule has 0 saturated heterocycles. The van der Waals surface area contributed by atoms with E-state index in [2.05, 4.69) is 81.4 Å². The summed E-state index contributed by atoms with van der Waals surface area (Å²) >= 11 is 32.3. The van der Waals surface area contributed by atoms with Crippen molar-refractivity contribution in [3.8, 4) is 0 Å². The van der Waals surface area contributed by atoms with Crippen LogP contribution >= 0.6 is 58.0 Å². The van der Waals surface area contributed by atoms with Gasteiger partial charge in [-0.1, -0.05) is 107 Å². The molecule has 2 rings (SSSR count). The Kier molecular flexibility index (Phi) is 15.9. The first kappa shape index (κ1) is 36.7. The van der Waals surface area contributed by atoms with Gasteiger partial charge in [0.1, 0.15) is 6.10 Å².